The van der Waals surface area contributed by atoms with Crippen molar-refractivity contribution in [1.82, 2.24) is 14.9 Å². The molecule has 1 fully saturated rings. The molecule has 19 heavy (non-hydrogen) atoms. The molecule has 1 atom stereocenters. The van der Waals surface area contributed by atoms with Crippen molar-refractivity contribution < 1.29 is 0 Å². The van der Waals surface area contributed by atoms with Crippen LogP contribution < -0.4 is 5.32 Å². The average Bonchev–Trinajstić information content (AvgIpc) is 3.18. The summed E-state index contributed by atoms with van der Waals surface area (Å²) in [7, 11) is 2.19. The van der Waals surface area contributed by atoms with Crippen LogP contribution in [0.25, 0.3) is 0 Å². The molecule has 4 nitrogen and oxygen atoms in total. The maximum Gasteiger partial charge on any atom is 0.138 e. The van der Waals surface area contributed by atoms with Gasteiger partial charge in [0.05, 0.1) is 0 Å². The van der Waals surface area contributed by atoms with Gasteiger partial charge < -0.3 is 5.32 Å². The van der Waals surface area contributed by atoms with Crippen molar-refractivity contribution >= 4 is 17.4 Å². The van der Waals surface area contributed by atoms with Gasteiger partial charge in [0.1, 0.15) is 17.3 Å². The first-order valence-electron chi connectivity index (χ1n) is 6.97. The molecule has 0 aliphatic heterocycles. The molecular weight excluding hydrogens is 260 g/mol. The van der Waals surface area contributed by atoms with Gasteiger partial charge in [-0.05, 0) is 32.7 Å². The molecule has 106 valence electrons. The Balaban J connectivity index is 2.00. The number of hydrogen-bond acceptors (Lipinski definition) is 4. The number of nitrogens with one attached hydrogen (secondary N) is 1. The van der Waals surface area contributed by atoms with Crippen LogP contribution in [0.5, 0.6) is 0 Å². The maximum absolute atomic E-state index is 6.16. The fraction of sp³-hybridized carbons (Fsp3) is 0.714. The van der Waals surface area contributed by atoms with Gasteiger partial charge in [-0.15, -0.1) is 0 Å². The number of halogens is 1. The van der Waals surface area contributed by atoms with Crippen molar-refractivity contribution in [3.05, 3.63) is 17.0 Å². The zero-order chi connectivity index (χ0) is 14.0. The fourth-order valence-corrected chi connectivity index (χ4v) is 2.61. The van der Waals surface area contributed by atoms with Crippen molar-refractivity contribution in [2.75, 3.05) is 18.9 Å². The van der Waals surface area contributed by atoms with E-state index in [1.807, 2.05) is 0 Å². The fourth-order valence-electron chi connectivity index (χ4n) is 2.26. The summed E-state index contributed by atoms with van der Waals surface area (Å²) in [6.45, 7) is 7.33. The third-order valence-electron chi connectivity index (χ3n) is 3.80. The first kappa shape index (κ1) is 14.5. The van der Waals surface area contributed by atoms with Gasteiger partial charge in [0.25, 0.3) is 0 Å². The summed E-state index contributed by atoms with van der Waals surface area (Å²) in [5.41, 5.74) is 1.01. The van der Waals surface area contributed by atoms with Crippen LogP contribution >= 0.6 is 11.6 Å². The Bertz CT molecular complexity index is 431. The first-order valence-corrected chi connectivity index (χ1v) is 7.34. The Morgan fingerprint density at radius 1 is 1.37 bits per heavy atom. The number of likely N-dealkylation sites (N-methyl/N-ethyl adjacent to an activating group) is 1. The smallest absolute Gasteiger partial charge is 0.138 e. The molecule has 1 aliphatic rings. The van der Waals surface area contributed by atoms with E-state index in [9.17, 15) is 0 Å². The molecule has 1 N–H and O–H groups in total. The van der Waals surface area contributed by atoms with E-state index in [4.69, 9.17) is 11.6 Å². The van der Waals surface area contributed by atoms with Crippen LogP contribution in [0.4, 0.5) is 5.82 Å². The lowest BCUT2D eigenvalue weighted by Crippen LogP contribution is -2.36. The lowest BCUT2D eigenvalue weighted by atomic mass is 10.1. The number of rotatable bonds is 6. The van der Waals surface area contributed by atoms with Crippen LogP contribution in [-0.2, 0) is 0 Å². The highest BCUT2D eigenvalue weighted by molar-refractivity contribution is 6.30. The minimum Gasteiger partial charge on any atom is -0.368 e. The minimum absolute atomic E-state index is 0.313. The lowest BCUT2D eigenvalue weighted by Gasteiger charge is -2.25. The topological polar surface area (TPSA) is 41.1 Å². The van der Waals surface area contributed by atoms with Gasteiger partial charge in [0.2, 0.25) is 0 Å². The van der Waals surface area contributed by atoms with E-state index >= 15 is 0 Å². The number of nitrogens with zero attached hydrogens (tertiary/aromatic N) is 3. The molecule has 1 aromatic rings. The second-order valence-electron chi connectivity index (χ2n) is 5.71. The third-order valence-corrected chi connectivity index (χ3v) is 4.10. The van der Waals surface area contributed by atoms with E-state index in [0.29, 0.717) is 17.1 Å². The summed E-state index contributed by atoms with van der Waals surface area (Å²) in [4.78, 5) is 10.8. The van der Waals surface area contributed by atoms with Crippen LogP contribution in [0.3, 0.4) is 0 Å². The normalized spacial score (nSPS) is 17.0. The second kappa shape index (κ2) is 6.06. The van der Waals surface area contributed by atoms with E-state index in [1.165, 1.54) is 19.2 Å². The van der Waals surface area contributed by atoms with E-state index in [2.05, 4.69) is 48.0 Å². The van der Waals surface area contributed by atoms with Gasteiger partial charge in [-0.3, -0.25) is 4.90 Å². The Hall–Kier alpha value is -0.870. The Morgan fingerprint density at radius 2 is 2.05 bits per heavy atom. The molecule has 0 saturated heterocycles. The van der Waals surface area contributed by atoms with Gasteiger partial charge in [-0.25, -0.2) is 9.97 Å². The third kappa shape index (κ3) is 3.57. The second-order valence-corrected chi connectivity index (χ2v) is 6.07. The van der Waals surface area contributed by atoms with Gasteiger partial charge in [0, 0.05) is 24.2 Å². The van der Waals surface area contributed by atoms with Crippen LogP contribution in [0.1, 0.15) is 45.1 Å². The highest BCUT2D eigenvalue weighted by atomic mass is 35.5. The predicted octanol–water partition coefficient (Wildman–Crippen LogP) is 3.15. The first-order chi connectivity index (χ1) is 9.00. The maximum atomic E-state index is 6.16. The van der Waals surface area contributed by atoms with Gasteiger partial charge in [-0.2, -0.15) is 0 Å². The van der Waals surface area contributed by atoms with E-state index in [-0.39, 0.29) is 0 Å². The summed E-state index contributed by atoms with van der Waals surface area (Å²) in [6, 6.07) is 1.26. The highest BCUT2D eigenvalue weighted by Gasteiger charge is 2.29. The standard InChI is InChI=1S/C14H23ClN4/c1-9(2)12-13(15)17-8-18-14(12)16-7-10(3)19(4)11-5-6-11/h8-11H,5-7H2,1-4H3,(H,16,17,18). The number of aromatic nitrogens is 2. The van der Waals surface area contributed by atoms with Crippen molar-refractivity contribution in [1.29, 1.82) is 0 Å². The Labute approximate surface area is 120 Å². The summed E-state index contributed by atoms with van der Waals surface area (Å²) < 4.78 is 0. The minimum atomic E-state index is 0.313. The molecule has 0 amide bonds. The molecule has 2 rings (SSSR count). The number of anilines is 1. The van der Waals surface area contributed by atoms with E-state index in [1.54, 1.807) is 0 Å². The Kier molecular flexibility index (Phi) is 4.63. The molecular formula is C14H23ClN4. The van der Waals surface area contributed by atoms with Crippen LogP contribution in [-0.4, -0.2) is 40.5 Å². The molecule has 0 radical (unpaired) electrons. The van der Waals surface area contributed by atoms with Gasteiger partial charge in [-0.1, -0.05) is 25.4 Å². The average molecular weight is 283 g/mol. The molecule has 0 aromatic carbocycles. The summed E-state index contributed by atoms with van der Waals surface area (Å²) >= 11 is 6.16. The van der Waals surface area contributed by atoms with Gasteiger partial charge >= 0.3 is 0 Å². The molecule has 1 unspecified atom stereocenters. The SMILES string of the molecule is CC(C)c1c(Cl)ncnc1NCC(C)N(C)C1CC1. The molecule has 0 spiro atoms. The summed E-state index contributed by atoms with van der Waals surface area (Å²) in [5, 5.41) is 3.97. The monoisotopic (exact) mass is 282 g/mol. The van der Waals surface area contributed by atoms with Gasteiger partial charge in [0.15, 0.2) is 0 Å². The van der Waals surface area contributed by atoms with Crippen molar-refractivity contribution in [2.45, 2.75) is 51.6 Å². The van der Waals surface area contributed by atoms with Crippen molar-refractivity contribution in [3.8, 4) is 0 Å². The van der Waals surface area contributed by atoms with Crippen LogP contribution in [0.2, 0.25) is 5.15 Å². The quantitative estimate of drug-likeness (QED) is 0.814. The molecule has 5 heteroatoms. The zero-order valence-corrected chi connectivity index (χ0v) is 12.9. The van der Waals surface area contributed by atoms with Crippen LogP contribution in [0, 0.1) is 0 Å². The van der Waals surface area contributed by atoms with E-state index < -0.39 is 0 Å². The highest BCUT2D eigenvalue weighted by Crippen LogP contribution is 2.29. The summed E-state index contributed by atoms with van der Waals surface area (Å²) in [6.07, 6.45) is 4.18. The largest absolute Gasteiger partial charge is 0.368 e. The summed E-state index contributed by atoms with van der Waals surface area (Å²) in [5.74, 6) is 1.18. The molecule has 1 aliphatic carbocycles. The van der Waals surface area contributed by atoms with Crippen molar-refractivity contribution in [2.24, 2.45) is 0 Å². The van der Waals surface area contributed by atoms with E-state index in [0.717, 1.165) is 24.0 Å². The predicted molar refractivity (Wildman–Crippen MR) is 79.9 cm³/mol. The molecule has 1 aromatic heterocycles. The zero-order valence-electron chi connectivity index (χ0n) is 12.2. The van der Waals surface area contributed by atoms with Crippen LogP contribution in [0.15, 0.2) is 6.33 Å². The lowest BCUT2D eigenvalue weighted by molar-refractivity contribution is 0.257. The number of hydrogen-bond donors (Lipinski definition) is 1. The Morgan fingerprint density at radius 3 is 2.63 bits per heavy atom. The van der Waals surface area contributed by atoms with Crippen molar-refractivity contribution in [3.63, 3.8) is 0 Å². The molecule has 1 saturated carbocycles. The molecule has 0 bridgehead atoms. The molecule has 1 heterocycles.